The number of thioether (sulfide) groups is 1. The monoisotopic (exact) mass is 464 g/mol. The normalized spacial score (nSPS) is 17.4. The van der Waals surface area contributed by atoms with Crippen LogP contribution in [-0.4, -0.2) is 26.3 Å². The van der Waals surface area contributed by atoms with Crippen molar-refractivity contribution < 1.29 is 13.9 Å². The van der Waals surface area contributed by atoms with Gasteiger partial charge in [-0.3, -0.25) is 4.79 Å². The number of rotatable bonds is 7. The molecular weight excluding hydrogens is 439 g/mol. The number of ketones is 1. The van der Waals surface area contributed by atoms with Crippen LogP contribution in [0.15, 0.2) is 65.0 Å². The number of aromatic nitrogens is 3. The van der Waals surface area contributed by atoms with Gasteiger partial charge in [-0.05, 0) is 43.0 Å². The van der Waals surface area contributed by atoms with Crippen molar-refractivity contribution in [2.45, 2.75) is 50.4 Å². The molecule has 1 atom stereocenters. The van der Waals surface area contributed by atoms with Gasteiger partial charge in [0.2, 0.25) is 11.1 Å². The second-order valence-corrected chi connectivity index (χ2v) is 9.22. The van der Waals surface area contributed by atoms with E-state index in [2.05, 4.69) is 17.2 Å². The van der Waals surface area contributed by atoms with E-state index >= 15 is 0 Å². The molecule has 8 heteroatoms. The van der Waals surface area contributed by atoms with Gasteiger partial charge >= 0.3 is 0 Å². The fourth-order valence-corrected chi connectivity index (χ4v) is 4.91. The van der Waals surface area contributed by atoms with Crippen LogP contribution in [0.1, 0.15) is 49.8 Å². The number of anilines is 1. The summed E-state index contributed by atoms with van der Waals surface area (Å²) in [5.74, 6) is 2.12. The maximum absolute atomic E-state index is 13.9. The van der Waals surface area contributed by atoms with Gasteiger partial charge in [0.05, 0.1) is 0 Å². The van der Waals surface area contributed by atoms with Gasteiger partial charge in [-0.1, -0.05) is 49.0 Å². The standard InChI is InChI=1S/C25H25FN4O2S/c1-2-14-33-25-28-24-27-20-8-5-9-21(31)22(20)23(30(24)29-25)16-10-12-18(13-11-16)32-15-17-6-3-4-7-19(17)26/h3-4,6-7,10-13,23H,2,5,8-9,14-15H2,1H3,(H,27,28,29). The summed E-state index contributed by atoms with van der Waals surface area (Å²) in [6, 6.07) is 13.9. The lowest BCUT2D eigenvalue weighted by molar-refractivity contribution is -0.116. The third kappa shape index (κ3) is 4.39. The van der Waals surface area contributed by atoms with Gasteiger partial charge in [-0.2, -0.15) is 4.98 Å². The molecule has 1 aromatic heterocycles. The zero-order valence-corrected chi connectivity index (χ0v) is 19.2. The number of carbonyl (C=O) groups is 1. The molecule has 3 aromatic rings. The number of hydrogen-bond acceptors (Lipinski definition) is 6. The minimum absolute atomic E-state index is 0.151. The molecule has 0 amide bonds. The summed E-state index contributed by atoms with van der Waals surface area (Å²) in [5, 5.41) is 8.79. The molecule has 1 N–H and O–H groups in total. The molecule has 6 nitrogen and oxygen atoms in total. The number of ether oxygens (including phenoxy) is 1. The summed E-state index contributed by atoms with van der Waals surface area (Å²) in [7, 11) is 0. The molecule has 1 aliphatic carbocycles. The molecule has 0 spiro atoms. The van der Waals surface area contributed by atoms with Gasteiger partial charge in [0.15, 0.2) is 5.78 Å². The number of benzene rings is 2. The third-order valence-corrected chi connectivity index (χ3v) is 6.88. The summed E-state index contributed by atoms with van der Waals surface area (Å²) < 4.78 is 21.5. The first-order chi connectivity index (χ1) is 16.1. The molecule has 1 aliphatic heterocycles. The highest BCUT2D eigenvalue weighted by atomic mass is 32.2. The summed E-state index contributed by atoms with van der Waals surface area (Å²) in [6.07, 6.45) is 3.24. The Morgan fingerprint density at radius 3 is 2.79 bits per heavy atom. The Morgan fingerprint density at radius 1 is 1.18 bits per heavy atom. The topological polar surface area (TPSA) is 69.0 Å². The fraction of sp³-hybridized carbons (Fsp3) is 0.320. The lowest BCUT2D eigenvalue weighted by atomic mass is 9.85. The Morgan fingerprint density at radius 2 is 2.00 bits per heavy atom. The Kier molecular flexibility index (Phi) is 6.17. The maximum atomic E-state index is 13.9. The van der Waals surface area contributed by atoms with E-state index in [9.17, 15) is 9.18 Å². The van der Waals surface area contributed by atoms with E-state index in [0.29, 0.717) is 28.8 Å². The van der Waals surface area contributed by atoms with Crippen molar-refractivity contribution in [1.82, 2.24) is 14.8 Å². The zero-order valence-electron chi connectivity index (χ0n) is 18.4. The van der Waals surface area contributed by atoms with Crippen molar-refractivity contribution in [2.75, 3.05) is 11.1 Å². The van der Waals surface area contributed by atoms with Crippen molar-refractivity contribution in [3.05, 3.63) is 76.7 Å². The Hall–Kier alpha value is -3.13. The number of nitrogens with one attached hydrogen (secondary N) is 1. The Balaban J connectivity index is 1.43. The van der Waals surface area contributed by atoms with Crippen LogP contribution in [-0.2, 0) is 11.4 Å². The van der Waals surface area contributed by atoms with Crippen molar-refractivity contribution in [1.29, 1.82) is 0 Å². The molecule has 0 radical (unpaired) electrons. The number of nitrogens with zero attached hydrogens (tertiary/aromatic N) is 3. The Bertz CT molecular complexity index is 1210. The van der Waals surface area contributed by atoms with Crippen molar-refractivity contribution in [2.24, 2.45) is 0 Å². The molecule has 5 rings (SSSR count). The van der Waals surface area contributed by atoms with E-state index in [1.165, 1.54) is 6.07 Å². The maximum Gasteiger partial charge on any atom is 0.227 e. The molecule has 2 aliphatic rings. The van der Waals surface area contributed by atoms with Gasteiger partial charge in [0.1, 0.15) is 24.2 Å². The third-order valence-electron chi connectivity index (χ3n) is 5.83. The molecular formula is C25H25FN4O2S. The summed E-state index contributed by atoms with van der Waals surface area (Å²) >= 11 is 1.62. The molecule has 170 valence electrons. The van der Waals surface area contributed by atoms with E-state index < -0.39 is 0 Å². The summed E-state index contributed by atoms with van der Waals surface area (Å²) in [6.45, 7) is 2.27. The first kappa shape index (κ1) is 21.7. The van der Waals surface area contributed by atoms with Crippen LogP contribution in [0.3, 0.4) is 0 Å². The number of allylic oxidation sites excluding steroid dienone is 2. The van der Waals surface area contributed by atoms with Gasteiger partial charge in [-0.25, -0.2) is 9.07 Å². The number of Topliss-reactive ketones (excluding diaryl/α,β-unsaturated/α-hetero) is 1. The number of halogens is 1. The predicted octanol–water partition coefficient (Wildman–Crippen LogP) is 5.52. The zero-order chi connectivity index (χ0) is 22.8. The van der Waals surface area contributed by atoms with Crippen molar-refractivity contribution in [3.8, 4) is 5.75 Å². The van der Waals surface area contributed by atoms with Crippen LogP contribution in [0.2, 0.25) is 0 Å². The molecule has 33 heavy (non-hydrogen) atoms. The quantitative estimate of drug-likeness (QED) is 0.464. The van der Waals surface area contributed by atoms with Gasteiger partial charge in [0.25, 0.3) is 0 Å². The fourth-order valence-electron chi connectivity index (χ4n) is 4.22. The summed E-state index contributed by atoms with van der Waals surface area (Å²) in [5.41, 5.74) is 3.16. The molecule has 1 unspecified atom stereocenters. The molecule has 0 saturated heterocycles. The van der Waals surface area contributed by atoms with Crippen LogP contribution in [0.25, 0.3) is 0 Å². The first-order valence-corrected chi connectivity index (χ1v) is 12.2. The second-order valence-electron chi connectivity index (χ2n) is 8.16. The van der Waals surface area contributed by atoms with E-state index in [1.807, 2.05) is 28.9 Å². The average molecular weight is 465 g/mol. The van der Waals surface area contributed by atoms with Crippen molar-refractivity contribution >= 4 is 23.5 Å². The highest BCUT2D eigenvalue weighted by Crippen LogP contribution is 2.40. The van der Waals surface area contributed by atoms with Crippen LogP contribution in [0, 0.1) is 5.82 Å². The van der Waals surface area contributed by atoms with E-state index in [-0.39, 0.29) is 24.2 Å². The smallest absolute Gasteiger partial charge is 0.227 e. The SMILES string of the molecule is CCCSc1nc2n(n1)C(c1ccc(OCc3ccccc3F)cc1)C1=C(CCCC1=O)N2. The highest BCUT2D eigenvalue weighted by molar-refractivity contribution is 7.99. The van der Waals surface area contributed by atoms with Crippen LogP contribution < -0.4 is 10.1 Å². The molecule has 0 fully saturated rings. The van der Waals surface area contributed by atoms with Crippen molar-refractivity contribution in [3.63, 3.8) is 0 Å². The van der Waals surface area contributed by atoms with Crippen LogP contribution >= 0.6 is 11.8 Å². The lowest BCUT2D eigenvalue weighted by Crippen LogP contribution is -2.31. The minimum Gasteiger partial charge on any atom is -0.489 e. The van der Waals surface area contributed by atoms with E-state index in [1.54, 1.807) is 30.0 Å². The lowest BCUT2D eigenvalue weighted by Gasteiger charge is -2.32. The average Bonchev–Trinajstić information content (AvgIpc) is 3.24. The largest absolute Gasteiger partial charge is 0.489 e. The number of carbonyl (C=O) groups excluding carboxylic acids is 1. The van der Waals surface area contributed by atoms with Crippen LogP contribution in [0.4, 0.5) is 10.3 Å². The first-order valence-electron chi connectivity index (χ1n) is 11.2. The molecule has 2 heterocycles. The van der Waals surface area contributed by atoms with E-state index in [4.69, 9.17) is 9.84 Å². The number of hydrogen-bond donors (Lipinski definition) is 1. The predicted molar refractivity (Wildman–Crippen MR) is 126 cm³/mol. The van der Waals surface area contributed by atoms with Crippen LogP contribution in [0.5, 0.6) is 5.75 Å². The Labute approximate surface area is 196 Å². The van der Waals surface area contributed by atoms with Gasteiger partial charge in [0, 0.05) is 29.0 Å². The van der Waals surface area contributed by atoms with Gasteiger partial charge in [-0.15, -0.1) is 5.10 Å². The molecule has 0 saturated carbocycles. The van der Waals surface area contributed by atoms with E-state index in [0.717, 1.165) is 41.8 Å². The minimum atomic E-state index is -0.326. The molecule has 0 bridgehead atoms. The number of fused-ring (bicyclic) bond motifs is 1. The summed E-state index contributed by atoms with van der Waals surface area (Å²) in [4.78, 5) is 17.6. The second kappa shape index (κ2) is 9.39. The molecule has 2 aromatic carbocycles. The van der Waals surface area contributed by atoms with Gasteiger partial charge < -0.3 is 10.1 Å². The highest BCUT2D eigenvalue weighted by Gasteiger charge is 2.36.